The van der Waals surface area contributed by atoms with Crippen molar-refractivity contribution >= 4 is 21.4 Å². The quantitative estimate of drug-likeness (QED) is 0.820. The summed E-state index contributed by atoms with van der Waals surface area (Å²) in [6, 6.07) is 9.36. The van der Waals surface area contributed by atoms with Gasteiger partial charge in [0, 0.05) is 13.1 Å². The van der Waals surface area contributed by atoms with Gasteiger partial charge in [0.2, 0.25) is 10.0 Å². The first-order valence-electron chi connectivity index (χ1n) is 6.35. The Kier molecular flexibility index (Phi) is 5.31. The van der Waals surface area contributed by atoms with Gasteiger partial charge in [-0.05, 0) is 39.9 Å². The summed E-state index contributed by atoms with van der Waals surface area (Å²) in [5.74, 6) is -0.00945. The van der Waals surface area contributed by atoms with Crippen LogP contribution in [0.15, 0.2) is 41.1 Å². The molecule has 0 bridgehead atoms. The summed E-state index contributed by atoms with van der Waals surface area (Å²) in [5.41, 5.74) is 8.41. The highest BCUT2D eigenvalue weighted by Gasteiger charge is 2.11. The lowest BCUT2D eigenvalue weighted by molar-refractivity contribution is 0.581. The number of nitrogens with two attached hydrogens (primary N) is 1. The van der Waals surface area contributed by atoms with Crippen LogP contribution in [0.5, 0.6) is 0 Å². The van der Waals surface area contributed by atoms with Gasteiger partial charge in [0.05, 0.1) is 5.75 Å². The van der Waals surface area contributed by atoms with Crippen LogP contribution in [0.25, 0.3) is 0 Å². The second-order valence-electron chi connectivity index (χ2n) is 4.56. The number of hydrogen-bond donors (Lipinski definition) is 2. The number of thiophene rings is 1. The van der Waals surface area contributed by atoms with Crippen molar-refractivity contribution in [3.8, 4) is 0 Å². The van der Waals surface area contributed by atoms with Gasteiger partial charge in [-0.1, -0.05) is 24.3 Å². The molecule has 0 saturated heterocycles. The molecule has 0 spiro atoms. The minimum atomic E-state index is -3.30. The fourth-order valence-corrected chi connectivity index (χ4v) is 3.74. The molecule has 3 N–H and O–H groups in total. The lowest BCUT2D eigenvalue weighted by atomic mass is 10.1. The predicted molar refractivity (Wildman–Crippen MR) is 83.0 cm³/mol. The van der Waals surface area contributed by atoms with E-state index in [0.717, 1.165) is 16.7 Å². The minimum Gasteiger partial charge on any atom is -0.326 e. The second kappa shape index (κ2) is 6.99. The molecule has 4 nitrogen and oxygen atoms in total. The topological polar surface area (TPSA) is 72.2 Å². The summed E-state index contributed by atoms with van der Waals surface area (Å²) in [4.78, 5) is 0. The summed E-state index contributed by atoms with van der Waals surface area (Å²) in [5, 5.41) is 4.02. The third-order valence-electron chi connectivity index (χ3n) is 2.90. The molecule has 0 unspecified atom stereocenters. The van der Waals surface area contributed by atoms with E-state index in [1.165, 1.54) is 0 Å². The molecule has 1 aromatic heterocycles. The lowest BCUT2D eigenvalue weighted by Crippen LogP contribution is -2.27. The van der Waals surface area contributed by atoms with Gasteiger partial charge in [0.1, 0.15) is 0 Å². The highest BCUT2D eigenvalue weighted by atomic mass is 32.2. The molecule has 1 aromatic carbocycles. The fourth-order valence-electron chi connectivity index (χ4n) is 1.90. The van der Waals surface area contributed by atoms with Gasteiger partial charge >= 0.3 is 0 Å². The molecule has 0 radical (unpaired) electrons. The monoisotopic (exact) mass is 310 g/mol. The van der Waals surface area contributed by atoms with Crippen molar-refractivity contribution in [1.29, 1.82) is 0 Å². The molecule has 6 heteroatoms. The SMILES string of the molecule is NCc1cccc(CS(=O)(=O)NCCc2ccsc2)c1. The average Bonchev–Trinajstić information content (AvgIpc) is 2.91. The zero-order chi connectivity index (χ0) is 14.4. The molecular weight excluding hydrogens is 292 g/mol. The molecule has 2 aromatic rings. The largest absolute Gasteiger partial charge is 0.326 e. The molecule has 1 heterocycles. The Bertz CT molecular complexity index is 637. The molecule has 0 aliphatic heterocycles. The van der Waals surface area contributed by atoms with E-state index in [0.29, 0.717) is 19.5 Å². The molecular formula is C14H18N2O2S2. The zero-order valence-corrected chi connectivity index (χ0v) is 12.7. The van der Waals surface area contributed by atoms with Gasteiger partial charge < -0.3 is 5.73 Å². The van der Waals surface area contributed by atoms with Crippen molar-refractivity contribution in [2.45, 2.75) is 18.7 Å². The molecule has 0 atom stereocenters. The van der Waals surface area contributed by atoms with Crippen molar-refractivity contribution in [3.05, 3.63) is 57.8 Å². The zero-order valence-electron chi connectivity index (χ0n) is 11.1. The predicted octanol–water partition coefficient (Wildman–Crippen LogP) is 1.87. The Morgan fingerprint density at radius 3 is 2.65 bits per heavy atom. The van der Waals surface area contributed by atoms with Gasteiger partial charge in [-0.2, -0.15) is 11.3 Å². The van der Waals surface area contributed by atoms with Crippen LogP contribution in [-0.4, -0.2) is 15.0 Å². The Labute approximate surface area is 123 Å². The lowest BCUT2D eigenvalue weighted by Gasteiger charge is -2.07. The molecule has 2 rings (SSSR count). The summed E-state index contributed by atoms with van der Waals surface area (Å²) in [6.07, 6.45) is 0.714. The van der Waals surface area contributed by atoms with Gasteiger partial charge in [-0.15, -0.1) is 0 Å². The second-order valence-corrected chi connectivity index (χ2v) is 7.15. The van der Waals surface area contributed by atoms with E-state index in [9.17, 15) is 8.42 Å². The molecule has 0 saturated carbocycles. The highest BCUT2D eigenvalue weighted by Crippen LogP contribution is 2.09. The number of rotatable bonds is 7. The Morgan fingerprint density at radius 1 is 1.15 bits per heavy atom. The maximum Gasteiger partial charge on any atom is 0.215 e. The van der Waals surface area contributed by atoms with E-state index in [1.807, 2.05) is 35.0 Å². The van der Waals surface area contributed by atoms with Crippen molar-refractivity contribution in [2.24, 2.45) is 5.73 Å². The molecule has 20 heavy (non-hydrogen) atoms. The third-order valence-corrected chi connectivity index (χ3v) is 4.99. The van der Waals surface area contributed by atoms with Crippen molar-refractivity contribution in [2.75, 3.05) is 6.54 Å². The Balaban J connectivity index is 1.89. The summed E-state index contributed by atoms with van der Waals surface area (Å²) in [6.45, 7) is 0.842. The van der Waals surface area contributed by atoms with Gasteiger partial charge in [0.25, 0.3) is 0 Å². The van der Waals surface area contributed by atoms with Crippen LogP contribution in [0.3, 0.4) is 0 Å². The number of hydrogen-bond acceptors (Lipinski definition) is 4. The molecule has 0 aliphatic carbocycles. The fraction of sp³-hybridized carbons (Fsp3) is 0.286. The van der Waals surface area contributed by atoms with E-state index in [4.69, 9.17) is 5.73 Å². The summed E-state index contributed by atoms with van der Waals surface area (Å²) < 4.78 is 26.6. The maximum absolute atomic E-state index is 12.0. The van der Waals surface area contributed by atoms with Crippen molar-refractivity contribution in [3.63, 3.8) is 0 Å². The van der Waals surface area contributed by atoms with Gasteiger partial charge in [0.15, 0.2) is 0 Å². The maximum atomic E-state index is 12.0. The third kappa shape index (κ3) is 4.72. The van der Waals surface area contributed by atoms with E-state index in [1.54, 1.807) is 17.4 Å². The summed E-state index contributed by atoms with van der Waals surface area (Å²) >= 11 is 1.62. The van der Waals surface area contributed by atoms with Crippen LogP contribution in [0.4, 0.5) is 0 Å². The van der Waals surface area contributed by atoms with Crippen LogP contribution in [-0.2, 0) is 28.7 Å². The van der Waals surface area contributed by atoms with E-state index in [2.05, 4.69) is 4.72 Å². The molecule has 108 valence electrons. The van der Waals surface area contributed by atoms with Crippen LogP contribution < -0.4 is 10.5 Å². The molecule has 0 fully saturated rings. The standard InChI is InChI=1S/C14H18N2O2S2/c15-9-13-2-1-3-14(8-13)11-20(17,18)16-6-4-12-5-7-19-10-12/h1-3,5,7-8,10,16H,4,6,9,11,15H2. The van der Waals surface area contributed by atoms with Crippen molar-refractivity contribution < 1.29 is 8.42 Å². The molecule has 0 amide bonds. The van der Waals surface area contributed by atoms with Crippen LogP contribution >= 0.6 is 11.3 Å². The smallest absolute Gasteiger partial charge is 0.215 e. The first-order valence-corrected chi connectivity index (χ1v) is 8.95. The first kappa shape index (κ1) is 15.2. The number of benzene rings is 1. The highest BCUT2D eigenvalue weighted by molar-refractivity contribution is 7.88. The van der Waals surface area contributed by atoms with Crippen LogP contribution in [0.2, 0.25) is 0 Å². The normalized spacial score (nSPS) is 11.7. The van der Waals surface area contributed by atoms with E-state index >= 15 is 0 Å². The van der Waals surface area contributed by atoms with Crippen LogP contribution in [0.1, 0.15) is 16.7 Å². The van der Waals surface area contributed by atoms with Crippen molar-refractivity contribution in [1.82, 2.24) is 4.72 Å². The van der Waals surface area contributed by atoms with E-state index in [-0.39, 0.29) is 5.75 Å². The molecule has 0 aliphatic rings. The van der Waals surface area contributed by atoms with Crippen LogP contribution in [0, 0.1) is 0 Å². The summed E-state index contributed by atoms with van der Waals surface area (Å²) in [7, 11) is -3.30. The minimum absolute atomic E-state index is 0.00945. The van der Waals surface area contributed by atoms with Gasteiger partial charge in [-0.25, -0.2) is 13.1 Å². The Hall–Kier alpha value is -1.21. The first-order chi connectivity index (χ1) is 9.59. The average molecular weight is 310 g/mol. The Morgan fingerprint density at radius 2 is 1.95 bits per heavy atom. The number of sulfonamides is 1. The van der Waals surface area contributed by atoms with E-state index < -0.39 is 10.0 Å². The van der Waals surface area contributed by atoms with Gasteiger partial charge in [-0.3, -0.25) is 0 Å². The number of nitrogens with one attached hydrogen (secondary N) is 1.